The Morgan fingerprint density at radius 1 is 1.07 bits per heavy atom. The van der Waals surface area contributed by atoms with Crippen LogP contribution in [0, 0.1) is 11.3 Å². The van der Waals surface area contributed by atoms with Gasteiger partial charge in [-0.05, 0) is 57.2 Å². The topological polar surface area (TPSA) is 150 Å². The summed E-state index contributed by atoms with van der Waals surface area (Å²) in [5, 5.41) is 18.0. The van der Waals surface area contributed by atoms with E-state index in [4.69, 9.17) is 9.72 Å². The first-order valence-corrected chi connectivity index (χ1v) is 14.0. The van der Waals surface area contributed by atoms with Crippen molar-refractivity contribution in [2.75, 3.05) is 13.2 Å². The van der Waals surface area contributed by atoms with E-state index in [2.05, 4.69) is 16.1 Å². The zero-order valence-corrected chi connectivity index (χ0v) is 24.1. The third kappa shape index (κ3) is 6.74. The number of hydrazine groups is 1. The van der Waals surface area contributed by atoms with Crippen molar-refractivity contribution in [3.05, 3.63) is 47.7 Å². The second-order valence-electron chi connectivity index (χ2n) is 11.4. The minimum atomic E-state index is -1.43. The minimum absolute atomic E-state index is 0.258. The van der Waals surface area contributed by atoms with Crippen LogP contribution >= 0.6 is 0 Å². The normalized spacial score (nSPS) is 28.4. The highest BCUT2D eigenvalue weighted by Crippen LogP contribution is 2.25. The van der Waals surface area contributed by atoms with Gasteiger partial charge in [-0.15, -0.1) is 0 Å². The van der Waals surface area contributed by atoms with E-state index in [0.29, 0.717) is 30.6 Å². The molecule has 4 N–H and O–H groups in total. The van der Waals surface area contributed by atoms with Gasteiger partial charge in [-0.3, -0.25) is 29.2 Å². The number of aliphatic hydroxyl groups excluding tert-OH is 1. The fraction of sp³-hybridized carbons (Fsp3) is 0.500. The van der Waals surface area contributed by atoms with E-state index in [1.807, 2.05) is 37.3 Å². The number of hydrogen-bond acceptors (Lipinski definition) is 8. The Morgan fingerprint density at radius 3 is 2.49 bits per heavy atom. The molecule has 2 aliphatic heterocycles. The molecule has 0 aliphatic carbocycles. The number of nitrogens with one attached hydrogen (secondary N) is 3. The molecule has 0 saturated carbocycles. The summed E-state index contributed by atoms with van der Waals surface area (Å²) in [7, 11) is 0. The van der Waals surface area contributed by atoms with Crippen LogP contribution in [0.15, 0.2) is 36.4 Å². The molecule has 2 aromatic rings. The highest BCUT2D eigenvalue weighted by atomic mass is 16.6. The molecule has 0 spiro atoms. The summed E-state index contributed by atoms with van der Waals surface area (Å²) >= 11 is 0. The highest BCUT2D eigenvalue weighted by molar-refractivity contribution is 5.91. The van der Waals surface area contributed by atoms with Gasteiger partial charge in [0.05, 0.1) is 23.9 Å². The number of carbonyl (C=O) groups excluding carboxylic acids is 4. The molecule has 11 nitrogen and oxygen atoms in total. The number of carbonyl (C=O) groups is 4. The van der Waals surface area contributed by atoms with Gasteiger partial charge in [0, 0.05) is 11.9 Å². The zero-order valence-electron chi connectivity index (χ0n) is 24.1. The van der Waals surface area contributed by atoms with Crippen molar-refractivity contribution >= 4 is 40.7 Å². The molecule has 3 heterocycles. The van der Waals surface area contributed by atoms with Crippen molar-refractivity contribution in [2.24, 2.45) is 11.3 Å². The Morgan fingerprint density at radius 2 is 1.78 bits per heavy atom. The van der Waals surface area contributed by atoms with Gasteiger partial charge in [0.1, 0.15) is 17.5 Å². The number of rotatable bonds is 2. The Kier molecular flexibility index (Phi) is 9.08. The van der Waals surface area contributed by atoms with E-state index in [9.17, 15) is 24.3 Å². The lowest BCUT2D eigenvalue weighted by molar-refractivity contribution is -0.167. The van der Waals surface area contributed by atoms with Crippen LogP contribution in [-0.4, -0.2) is 70.1 Å². The second kappa shape index (κ2) is 12.4. The number of fused-ring (bicyclic) bond motifs is 4. The molecule has 41 heavy (non-hydrogen) atoms. The van der Waals surface area contributed by atoms with Crippen LogP contribution in [0.4, 0.5) is 0 Å². The van der Waals surface area contributed by atoms with Crippen LogP contribution in [0.2, 0.25) is 0 Å². The quantitative estimate of drug-likeness (QED) is 0.404. The average Bonchev–Trinajstić information content (AvgIpc) is 2.96. The van der Waals surface area contributed by atoms with Crippen LogP contribution in [0.5, 0.6) is 0 Å². The summed E-state index contributed by atoms with van der Waals surface area (Å²) in [6, 6.07) is 7.43. The van der Waals surface area contributed by atoms with Crippen molar-refractivity contribution < 1.29 is 29.0 Å². The zero-order chi connectivity index (χ0) is 29.9. The molecule has 1 fully saturated rings. The standard InChI is InChI=1S/C30H39N5O6/c1-17(2)25-27(38)32-19(4)28(39)35-14-6-7-23(34-35)26(37)31-18(3)22-11-10-21-9-8-20(15-24(21)33-22)12-13-30(5,16-36)29(40)41-25/h8-13,15,17-19,23,25,34,36H,6-7,14,16H2,1-5H3,(H,31,37)(H,32,38)/t18-,19+,23+,25+,30-/m1/s1. The monoisotopic (exact) mass is 565 g/mol. The maximum absolute atomic E-state index is 13.3. The molecule has 0 radical (unpaired) electrons. The summed E-state index contributed by atoms with van der Waals surface area (Å²) in [6.45, 7) is 8.20. The van der Waals surface area contributed by atoms with Gasteiger partial charge in [0.25, 0.3) is 11.8 Å². The van der Waals surface area contributed by atoms with Gasteiger partial charge < -0.3 is 20.5 Å². The van der Waals surface area contributed by atoms with E-state index in [0.717, 1.165) is 10.9 Å². The lowest BCUT2D eigenvalue weighted by Gasteiger charge is -2.35. The first kappa shape index (κ1) is 30.1. The van der Waals surface area contributed by atoms with Gasteiger partial charge in [0.2, 0.25) is 5.91 Å². The molecule has 0 unspecified atom stereocenters. The van der Waals surface area contributed by atoms with E-state index in [1.54, 1.807) is 32.9 Å². The Hall–Kier alpha value is -3.83. The van der Waals surface area contributed by atoms with Gasteiger partial charge in [0.15, 0.2) is 6.10 Å². The van der Waals surface area contributed by atoms with Gasteiger partial charge in [-0.2, -0.15) is 0 Å². The Labute approximate surface area is 239 Å². The second-order valence-corrected chi connectivity index (χ2v) is 11.4. The number of hydrogen-bond donors (Lipinski definition) is 4. The van der Waals surface area contributed by atoms with Crippen molar-refractivity contribution in [3.8, 4) is 0 Å². The molecule has 1 aromatic carbocycles. The fourth-order valence-corrected chi connectivity index (χ4v) is 4.82. The van der Waals surface area contributed by atoms with Crippen molar-refractivity contribution in [3.63, 3.8) is 0 Å². The van der Waals surface area contributed by atoms with Crippen molar-refractivity contribution in [2.45, 2.75) is 71.7 Å². The first-order chi connectivity index (χ1) is 19.4. The number of aromatic nitrogens is 1. The average molecular weight is 566 g/mol. The number of nitrogens with zero attached hydrogens (tertiary/aromatic N) is 2. The third-order valence-corrected chi connectivity index (χ3v) is 7.57. The maximum Gasteiger partial charge on any atom is 0.318 e. The number of esters is 1. The van der Waals surface area contributed by atoms with Crippen LogP contribution in [0.1, 0.15) is 64.8 Å². The fourth-order valence-electron chi connectivity index (χ4n) is 4.82. The van der Waals surface area contributed by atoms with E-state index >= 15 is 0 Å². The van der Waals surface area contributed by atoms with Crippen molar-refractivity contribution in [1.82, 2.24) is 26.1 Å². The molecule has 5 atom stereocenters. The highest BCUT2D eigenvalue weighted by Gasteiger charge is 2.38. The summed E-state index contributed by atoms with van der Waals surface area (Å²) in [6.07, 6.45) is 3.20. The van der Waals surface area contributed by atoms with E-state index < -0.39 is 60.0 Å². The third-order valence-electron chi connectivity index (χ3n) is 7.57. The molecular weight excluding hydrogens is 526 g/mol. The largest absolute Gasteiger partial charge is 0.451 e. The summed E-state index contributed by atoms with van der Waals surface area (Å²) < 4.78 is 5.63. The number of amides is 3. The number of aliphatic hydroxyl groups is 1. The number of benzene rings is 1. The molecule has 5 bridgehead atoms. The summed E-state index contributed by atoms with van der Waals surface area (Å²) in [5.41, 5.74) is 3.68. The first-order valence-electron chi connectivity index (χ1n) is 14.0. The molecule has 3 amide bonds. The lowest BCUT2D eigenvalue weighted by atomic mass is 9.90. The molecule has 11 heteroatoms. The maximum atomic E-state index is 13.3. The molecule has 1 aromatic heterocycles. The van der Waals surface area contributed by atoms with Crippen LogP contribution in [0.3, 0.4) is 0 Å². The predicted molar refractivity (Wildman–Crippen MR) is 153 cm³/mol. The minimum Gasteiger partial charge on any atom is -0.451 e. The predicted octanol–water partition coefficient (Wildman–Crippen LogP) is 2.01. The van der Waals surface area contributed by atoms with Gasteiger partial charge >= 0.3 is 5.97 Å². The van der Waals surface area contributed by atoms with Crippen LogP contribution in [-0.2, 0) is 23.9 Å². The smallest absolute Gasteiger partial charge is 0.318 e. The Bertz CT molecular complexity index is 1360. The van der Waals surface area contributed by atoms with Gasteiger partial charge in [-0.25, -0.2) is 5.43 Å². The van der Waals surface area contributed by atoms with E-state index in [1.165, 1.54) is 11.9 Å². The summed E-state index contributed by atoms with van der Waals surface area (Å²) in [5.74, 6) is -2.47. The van der Waals surface area contributed by atoms with Crippen LogP contribution in [0.25, 0.3) is 17.0 Å². The molecule has 4 rings (SSSR count). The molecule has 1 saturated heterocycles. The molecule has 2 aliphatic rings. The van der Waals surface area contributed by atoms with E-state index in [-0.39, 0.29) is 5.91 Å². The van der Waals surface area contributed by atoms with Gasteiger partial charge in [-0.1, -0.05) is 44.2 Å². The summed E-state index contributed by atoms with van der Waals surface area (Å²) in [4.78, 5) is 57.5. The number of pyridine rings is 1. The SMILES string of the molecule is CC(C)[C@@H]1OC(=O)[C@@](C)(CO)C=Cc2ccc3ccc(nc3c2)[C@@H](C)NC(=O)[C@@H]2CCCN(N2)C(=O)[C@H](C)NC1=O. The van der Waals surface area contributed by atoms with Crippen molar-refractivity contribution in [1.29, 1.82) is 0 Å². The molecular formula is C30H39N5O6. The number of ether oxygens (including phenoxy) is 1. The Balaban J connectivity index is 1.72. The van der Waals surface area contributed by atoms with Crippen LogP contribution < -0.4 is 16.1 Å². The number of cyclic esters (lactones) is 1. The molecule has 220 valence electrons. The lowest BCUT2D eigenvalue weighted by Crippen LogP contribution is -2.61.